The first-order valence-corrected chi connectivity index (χ1v) is 8.24. The lowest BCUT2D eigenvalue weighted by Crippen LogP contribution is -2.37. The van der Waals surface area contributed by atoms with Crippen LogP contribution in [0.25, 0.3) is 0 Å². The van der Waals surface area contributed by atoms with E-state index in [1.54, 1.807) is 24.5 Å². The third-order valence-electron chi connectivity index (χ3n) is 3.06. The summed E-state index contributed by atoms with van der Waals surface area (Å²) in [5.41, 5.74) is 0.740. The summed E-state index contributed by atoms with van der Waals surface area (Å²) in [6.07, 6.45) is 0. The van der Waals surface area contributed by atoms with Gasteiger partial charge in [0.1, 0.15) is 0 Å². The number of halogens is 2. The van der Waals surface area contributed by atoms with Crippen LogP contribution in [-0.2, 0) is 13.1 Å². The average molecular weight is 386 g/mol. The molecule has 22 heavy (non-hydrogen) atoms. The Balaban J connectivity index is 1.95. The van der Waals surface area contributed by atoms with Crippen molar-refractivity contribution in [3.8, 4) is 5.75 Å². The van der Waals surface area contributed by atoms with E-state index in [0.717, 1.165) is 21.9 Å². The lowest BCUT2D eigenvalue weighted by molar-refractivity contribution is 0.431. The Kier molecular flexibility index (Phi) is 5.79. The molecule has 7 heteroatoms. The molecule has 1 aromatic heterocycles. The smallest absolute Gasteiger partial charge is 0.193 e. The predicted molar refractivity (Wildman–Crippen MR) is 91.7 cm³/mol. The number of hydrogen-bond acceptors (Lipinski definition) is 3. The molecule has 1 aromatic carbocycles. The molecular formula is C15H17BrFN3OS. The van der Waals surface area contributed by atoms with Gasteiger partial charge in [-0.15, -0.1) is 11.3 Å². The van der Waals surface area contributed by atoms with Gasteiger partial charge in [-0.25, -0.2) is 4.39 Å². The number of rotatable bonds is 4. The van der Waals surface area contributed by atoms with Crippen LogP contribution in [0.15, 0.2) is 39.1 Å². The number of phenols is 1. The quantitative estimate of drug-likeness (QED) is 0.624. The summed E-state index contributed by atoms with van der Waals surface area (Å²) in [5, 5.41) is 12.4. The van der Waals surface area contributed by atoms with Crippen molar-refractivity contribution in [1.82, 2.24) is 10.2 Å². The number of phenolic OH excluding ortho intramolecular Hbond substituents is 1. The minimum absolute atomic E-state index is 0.339. The molecule has 0 fully saturated rings. The number of hydrogen-bond donors (Lipinski definition) is 2. The summed E-state index contributed by atoms with van der Waals surface area (Å²) in [6, 6.07) is 8.42. The van der Waals surface area contributed by atoms with E-state index in [4.69, 9.17) is 0 Å². The number of benzene rings is 1. The zero-order chi connectivity index (χ0) is 16.1. The van der Waals surface area contributed by atoms with Crippen molar-refractivity contribution in [1.29, 1.82) is 0 Å². The maximum Gasteiger partial charge on any atom is 0.193 e. The number of thiophene rings is 1. The van der Waals surface area contributed by atoms with Gasteiger partial charge in [-0.05, 0) is 45.8 Å². The van der Waals surface area contributed by atoms with Crippen LogP contribution in [0.4, 0.5) is 4.39 Å². The van der Waals surface area contributed by atoms with Crippen molar-refractivity contribution in [2.24, 2.45) is 4.99 Å². The Morgan fingerprint density at radius 2 is 2.18 bits per heavy atom. The first-order valence-electron chi connectivity index (χ1n) is 6.63. The van der Waals surface area contributed by atoms with E-state index in [1.807, 2.05) is 18.0 Å². The molecule has 0 unspecified atom stereocenters. The minimum Gasteiger partial charge on any atom is -0.505 e. The molecule has 1 heterocycles. The van der Waals surface area contributed by atoms with Crippen molar-refractivity contribution < 1.29 is 9.50 Å². The highest BCUT2D eigenvalue weighted by molar-refractivity contribution is 9.11. The maximum absolute atomic E-state index is 13.3. The molecule has 118 valence electrons. The second kappa shape index (κ2) is 7.60. The first-order chi connectivity index (χ1) is 10.5. The standard InChI is InChI=1S/C15H17BrFN3OS/c1-18-15(20(2)9-11-4-6-14(16)22-11)19-8-10-3-5-13(21)12(17)7-10/h3-7,21H,8-9H2,1-2H3,(H,18,19). The van der Waals surface area contributed by atoms with Crippen LogP contribution >= 0.6 is 27.3 Å². The topological polar surface area (TPSA) is 47.9 Å². The van der Waals surface area contributed by atoms with Gasteiger partial charge >= 0.3 is 0 Å². The van der Waals surface area contributed by atoms with Gasteiger partial charge in [0.25, 0.3) is 0 Å². The molecular weight excluding hydrogens is 369 g/mol. The monoisotopic (exact) mass is 385 g/mol. The Morgan fingerprint density at radius 1 is 1.41 bits per heavy atom. The largest absolute Gasteiger partial charge is 0.505 e. The van der Waals surface area contributed by atoms with E-state index in [0.29, 0.717) is 6.54 Å². The molecule has 2 rings (SSSR count). The number of guanidine groups is 1. The molecule has 0 radical (unpaired) electrons. The molecule has 0 amide bonds. The van der Waals surface area contributed by atoms with E-state index in [1.165, 1.54) is 17.0 Å². The maximum atomic E-state index is 13.3. The summed E-state index contributed by atoms with van der Waals surface area (Å²) < 4.78 is 14.4. The van der Waals surface area contributed by atoms with Gasteiger partial charge in [0.2, 0.25) is 0 Å². The van der Waals surface area contributed by atoms with Crippen molar-refractivity contribution in [2.45, 2.75) is 13.1 Å². The van der Waals surface area contributed by atoms with Crippen LogP contribution in [0, 0.1) is 5.82 Å². The Morgan fingerprint density at radius 3 is 2.77 bits per heavy atom. The average Bonchev–Trinajstić information content (AvgIpc) is 2.88. The van der Waals surface area contributed by atoms with Gasteiger partial charge in [-0.3, -0.25) is 4.99 Å². The molecule has 0 aliphatic carbocycles. The van der Waals surface area contributed by atoms with Gasteiger partial charge in [0.05, 0.1) is 10.3 Å². The summed E-state index contributed by atoms with van der Waals surface area (Å²) in [6.45, 7) is 1.17. The van der Waals surface area contributed by atoms with E-state index in [2.05, 4.69) is 32.3 Å². The zero-order valence-electron chi connectivity index (χ0n) is 12.3. The third kappa shape index (κ3) is 4.45. The number of aromatic hydroxyl groups is 1. The number of nitrogens with zero attached hydrogens (tertiary/aromatic N) is 2. The summed E-state index contributed by atoms with van der Waals surface area (Å²) in [5.74, 6) is -0.238. The minimum atomic E-state index is -0.619. The van der Waals surface area contributed by atoms with E-state index < -0.39 is 5.82 Å². The van der Waals surface area contributed by atoms with Crippen LogP contribution in [0.1, 0.15) is 10.4 Å². The lowest BCUT2D eigenvalue weighted by Gasteiger charge is -2.21. The second-order valence-electron chi connectivity index (χ2n) is 4.75. The molecule has 0 bridgehead atoms. The fraction of sp³-hybridized carbons (Fsp3) is 0.267. The highest BCUT2D eigenvalue weighted by atomic mass is 79.9. The lowest BCUT2D eigenvalue weighted by atomic mass is 10.2. The highest BCUT2D eigenvalue weighted by Gasteiger charge is 2.09. The van der Waals surface area contributed by atoms with Crippen molar-refractivity contribution >= 4 is 33.2 Å². The summed E-state index contributed by atoms with van der Waals surface area (Å²) in [4.78, 5) is 7.44. The second-order valence-corrected chi connectivity index (χ2v) is 7.30. The van der Waals surface area contributed by atoms with Crippen molar-refractivity contribution in [2.75, 3.05) is 14.1 Å². The van der Waals surface area contributed by atoms with E-state index >= 15 is 0 Å². The summed E-state index contributed by atoms with van der Waals surface area (Å²) >= 11 is 5.13. The highest BCUT2D eigenvalue weighted by Crippen LogP contribution is 2.23. The van der Waals surface area contributed by atoms with Crippen LogP contribution in [0.2, 0.25) is 0 Å². The van der Waals surface area contributed by atoms with Crippen LogP contribution in [-0.4, -0.2) is 30.1 Å². The Labute approximate surface area is 141 Å². The van der Waals surface area contributed by atoms with Gasteiger partial charge in [-0.1, -0.05) is 6.07 Å². The van der Waals surface area contributed by atoms with Crippen LogP contribution in [0.5, 0.6) is 5.75 Å². The van der Waals surface area contributed by atoms with Gasteiger partial charge in [-0.2, -0.15) is 0 Å². The first kappa shape index (κ1) is 16.8. The summed E-state index contributed by atoms with van der Waals surface area (Å²) in [7, 11) is 3.65. The molecule has 0 spiro atoms. The molecule has 0 saturated heterocycles. The SMILES string of the molecule is CN=C(NCc1ccc(O)c(F)c1)N(C)Cc1ccc(Br)s1. The number of aliphatic imine (C=N–C) groups is 1. The van der Waals surface area contributed by atoms with Gasteiger partial charge in [0, 0.05) is 25.5 Å². The van der Waals surface area contributed by atoms with Crippen LogP contribution in [0.3, 0.4) is 0 Å². The molecule has 0 aliphatic heterocycles. The van der Waals surface area contributed by atoms with Gasteiger partial charge < -0.3 is 15.3 Å². The number of nitrogens with one attached hydrogen (secondary N) is 1. The fourth-order valence-electron chi connectivity index (χ4n) is 1.97. The molecule has 4 nitrogen and oxygen atoms in total. The fourth-order valence-corrected chi connectivity index (χ4v) is 3.51. The van der Waals surface area contributed by atoms with E-state index in [9.17, 15) is 9.50 Å². The van der Waals surface area contributed by atoms with Gasteiger partial charge in [0.15, 0.2) is 17.5 Å². The Hall–Kier alpha value is -1.60. The predicted octanol–water partition coefficient (Wildman–Crippen LogP) is 3.56. The zero-order valence-corrected chi connectivity index (χ0v) is 14.7. The molecule has 0 atom stereocenters. The molecule has 2 aromatic rings. The third-order valence-corrected chi connectivity index (χ3v) is 4.67. The normalized spacial score (nSPS) is 11.5. The van der Waals surface area contributed by atoms with Crippen molar-refractivity contribution in [3.63, 3.8) is 0 Å². The van der Waals surface area contributed by atoms with Crippen LogP contribution < -0.4 is 5.32 Å². The van der Waals surface area contributed by atoms with E-state index in [-0.39, 0.29) is 5.75 Å². The molecule has 2 N–H and O–H groups in total. The molecule has 0 aliphatic rings. The Bertz CT molecular complexity index is 675. The van der Waals surface area contributed by atoms with Crippen molar-refractivity contribution in [3.05, 3.63) is 50.4 Å². The molecule has 0 saturated carbocycles.